The number of guanidine groups is 1. The highest BCUT2D eigenvalue weighted by Crippen LogP contribution is 2.28. The zero-order chi connectivity index (χ0) is 13.8. The van der Waals surface area contributed by atoms with Crippen LogP contribution in [-0.4, -0.2) is 32.3 Å². The minimum atomic E-state index is -0.547. The second kappa shape index (κ2) is 6.12. The lowest BCUT2D eigenvalue weighted by Crippen LogP contribution is -2.45. The van der Waals surface area contributed by atoms with Gasteiger partial charge in [-0.1, -0.05) is 29.3 Å². The number of carbonyl (C=O) groups excluding carboxylic acids is 1. The number of alkyl carbamates (subject to hydrolysis) is 1. The molecular weight excluding hydrogens is 289 g/mol. The molecule has 1 unspecified atom stereocenters. The standard InChI is InChI=1S/C12H13Cl2N3O2/c1-19-12(18)17-11-15-5-7(6-16-11)9-3-2-8(13)4-10(9)14/h2-4,7H,5-6H2,1H3,(H2,15,16,17,18). The third-order valence-corrected chi connectivity index (χ3v) is 3.36. The fourth-order valence-corrected chi connectivity index (χ4v) is 2.38. The molecule has 1 aromatic rings. The van der Waals surface area contributed by atoms with Gasteiger partial charge in [0, 0.05) is 22.5 Å². The van der Waals surface area contributed by atoms with Gasteiger partial charge in [-0.15, -0.1) is 0 Å². The van der Waals surface area contributed by atoms with Gasteiger partial charge < -0.3 is 10.1 Å². The molecule has 1 aliphatic rings. The van der Waals surface area contributed by atoms with Gasteiger partial charge in [-0.25, -0.2) is 4.79 Å². The summed E-state index contributed by atoms with van der Waals surface area (Å²) in [6.07, 6.45) is -0.547. The molecule has 7 heteroatoms. The van der Waals surface area contributed by atoms with Crippen LogP contribution >= 0.6 is 23.2 Å². The Kier molecular flexibility index (Phi) is 4.50. The van der Waals surface area contributed by atoms with Gasteiger partial charge in [-0.3, -0.25) is 10.3 Å². The van der Waals surface area contributed by atoms with Crippen molar-refractivity contribution in [3.8, 4) is 0 Å². The number of nitrogens with zero attached hydrogens (tertiary/aromatic N) is 1. The number of amides is 1. The first-order valence-electron chi connectivity index (χ1n) is 5.68. The van der Waals surface area contributed by atoms with E-state index in [-0.39, 0.29) is 5.92 Å². The maximum absolute atomic E-state index is 11.0. The van der Waals surface area contributed by atoms with Crippen molar-refractivity contribution in [2.24, 2.45) is 4.99 Å². The number of nitrogens with one attached hydrogen (secondary N) is 2. The zero-order valence-electron chi connectivity index (χ0n) is 10.2. The molecule has 2 rings (SSSR count). The molecule has 1 aliphatic heterocycles. The van der Waals surface area contributed by atoms with Crippen molar-refractivity contribution in [1.82, 2.24) is 10.6 Å². The Labute approximate surface area is 120 Å². The van der Waals surface area contributed by atoms with E-state index in [1.807, 2.05) is 6.07 Å². The van der Waals surface area contributed by atoms with Gasteiger partial charge in [0.1, 0.15) is 0 Å². The Hall–Kier alpha value is -1.46. The Morgan fingerprint density at radius 1 is 1.53 bits per heavy atom. The van der Waals surface area contributed by atoms with E-state index in [1.54, 1.807) is 12.1 Å². The zero-order valence-corrected chi connectivity index (χ0v) is 11.8. The monoisotopic (exact) mass is 301 g/mol. The maximum Gasteiger partial charge on any atom is 0.413 e. The van der Waals surface area contributed by atoms with Crippen molar-refractivity contribution in [3.05, 3.63) is 33.8 Å². The van der Waals surface area contributed by atoms with Gasteiger partial charge >= 0.3 is 6.09 Å². The van der Waals surface area contributed by atoms with Crippen molar-refractivity contribution in [2.75, 3.05) is 20.2 Å². The number of aliphatic imine (C=N–C) groups is 1. The van der Waals surface area contributed by atoms with Crippen LogP contribution in [0, 0.1) is 0 Å². The molecule has 2 N–H and O–H groups in total. The van der Waals surface area contributed by atoms with E-state index in [2.05, 4.69) is 20.4 Å². The molecule has 1 aromatic carbocycles. The average Bonchev–Trinajstić information content (AvgIpc) is 2.40. The quantitative estimate of drug-likeness (QED) is 0.837. The van der Waals surface area contributed by atoms with Crippen molar-refractivity contribution in [2.45, 2.75) is 5.92 Å². The van der Waals surface area contributed by atoms with E-state index in [9.17, 15) is 4.79 Å². The Morgan fingerprint density at radius 2 is 2.32 bits per heavy atom. The lowest BCUT2D eigenvalue weighted by Gasteiger charge is -2.23. The highest BCUT2D eigenvalue weighted by atomic mass is 35.5. The molecule has 102 valence electrons. The Bertz CT molecular complexity index is 520. The number of hydrogen-bond acceptors (Lipinski definition) is 4. The van der Waals surface area contributed by atoms with Crippen LogP contribution < -0.4 is 10.6 Å². The van der Waals surface area contributed by atoms with Crippen molar-refractivity contribution in [1.29, 1.82) is 0 Å². The van der Waals surface area contributed by atoms with Crippen LogP contribution in [0.2, 0.25) is 10.0 Å². The largest absolute Gasteiger partial charge is 0.453 e. The summed E-state index contributed by atoms with van der Waals surface area (Å²) >= 11 is 12.0. The fraction of sp³-hybridized carbons (Fsp3) is 0.333. The van der Waals surface area contributed by atoms with Crippen LogP contribution in [0.1, 0.15) is 11.5 Å². The summed E-state index contributed by atoms with van der Waals surface area (Å²) < 4.78 is 4.49. The Morgan fingerprint density at radius 3 is 2.89 bits per heavy atom. The molecule has 0 radical (unpaired) electrons. The smallest absolute Gasteiger partial charge is 0.413 e. The first-order chi connectivity index (χ1) is 9.10. The SMILES string of the molecule is COC(=O)NC1=NCC(c2ccc(Cl)cc2Cl)CN1. The molecule has 0 bridgehead atoms. The van der Waals surface area contributed by atoms with Crippen molar-refractivity contribution in [3.63, 3.8) is 0 Å². The average molecular weight is 302 g/mol. The number of methoxy groups -OCH3 is 1. The van der Waals surface area contributed by atoms with Crippen molar-refractivity contribution >= 4 is 35.3 Å². The number of carbonyl (C=O) groups is 1. The highest BCUT2D eigenvalue weighted by molar-refractivity contribution is 6.35. The number of halogens is 2. The third kappa shape index (κ3) is 3.52. The van der Waals surface area contributed by atoms with Crippen molar-refractivity contribution < 1.29 is 9.53 Å². The molecular formula is C12H13Cl2N3O2. The lowest BCUT2D eigenvalue weighted by atomic mass is 9.98. The minimum absolute atomic E-state index is 0.146. The van der Waals surface area contributed by atoms with Gasteiger partial charge in [0.25, 0.3) is 0 Å². The number of benzene rings is 1. The molecule has 0 aliphatic carbocycles. The van der Waals surface area contributed by atoms with Gasteiger partial charge in [0.15, 0.2) is 0 Å². The van der Waals surface area contributed by atoms with Crippen LogP contribution in [0.5, 0.6) is 0 Å². The molecule has 1 amide bonds. The highest BCUT2D eigenvalue weighted by Gasteiger charge is 2.20. The van der Waals surface area contributed by atoms with E-state index in [4.69, 9.17) is 23.2 Å². The second-order valence-electron chi connectivity index (χ2n) is 4.05. The summed E-state index contributed by atoms with van der Waals surface area (Å²) in [5.74, 6) is 0.557. The van der Waals surface area contributed by atoms with E-state index < -0.39 is 6.09 Å². The second-order valence-corrected chi connectivity index (χ2v) is 4.89. The van der Waals surface area contributed by atoms with Crippen LogP contribution in [0.4, 0.5) is 4.79 Å². The third-order valence-electron chi connectivity index (χ3n) is 2.79. The number of ether oxygens (including phenoxy) is 1. The van der Waals surface area contributed by atoms with Crippen LogP contribution in [0.15, 0.2) is 23.2 Å². The Balaban J connectivity index is 2.04. The molecule has 0 saturated carbocycles. The summed E-state index contributed by atoms with van der Waals surface area (Å²) in [5, 5.41) is 6.74. The summed E-state index contributed by atoms with van der Waals surface area (Å²) in [4.78, 5) is 15.3. The number of rotatable bonds is 1. The first kappa shape index (κ1) is 14.0. The van der Waals surface area contributed by atoms with Crippen LogP contribution in [0.3, 0.4) is 0 Å². The molecule has 0 spiro atoms. The van der Waals surface area contributed by atoms with Gasteiger partial charge in [0.2, 0.25) is 5.96 Å². The lowest BCUT2D eigenvalue weighted by molar-refractivity contribution is 0.176. The van der Waals surface area contributed by atoms with Gasteiger partial charge in [-0.05, 0) is 17.7 Å². The fourth-order valence-electron chi connectivity index (χ4n) is 1.81. The predicted molar refractivity (Wildman–Crippen MR) is 75.0 cm³/mol. The van der Waals surface area contributed by atoms with Crippen LogP contribution in [0.25, 0.3) is 0 Å². The molecule has 0 fully saturated rings. The molecule has 1 atom stereocenters. The molecule has 19 heavy (non-hydrogen) atoms. The summed E-state index contributed by atoms with van der Waals surface area (Å²) in [6.45, 7) is 1.16. The minimum Gasteiger partial charge on any atom is -0.453 e. The number of hydrogen-bond donors (Lipinski definition) is 2. The van der Waals surface area contributed by atoms with E-state index in [0.29, 0.717) is 29.1 Å². The van der Waals surface area contributed by atoms with Gasteiger partial charge in [-0.2, -0.15) is 0 Å². The normalized spacial score (nSPS) is 18.3. The maximum atomic E-state index is 11.0. The summed E-state index contributed by atoms with van der Waals surface area (Å²) in [7, 11) is 1.30. The molecule has 1 heterocycles. The van der Waals surface area contributed by atoms with E-state index >= 15 is 0 Å². The first-order valence-corrected chi connectivity index (χ1v) is 6.44. The van der Waals surface area contributed by atoms with Crippen LogP contribution in [-0.2, 0) is 4.74 Å². The summed E-state index contributed by atoms with van der Waals surface area (Å²) in [5.41, 5.74) is 0.986. The van der Waals surface area contributed by atoms with Gasteiger partial charge in [0.05, 0.1) is 13.7 Å². The predicted octanol–water partition coefficient (Wildman–Crippen LogP) is 2.39. The summed E-state index contributed by atoms with van der Waals surface area (Å²) in [6, 6.07) is 5.41. The van der Waals surface area contributed by atoms with E-state index in [1.165, 1.54) is 7.11 Å². The molecule has 5 nitrogen and oxygen atoms in total. The molecule has 0 saturated heterocycles. The topological polar surface area (TPSA) is 62.7 Å². The molecule has 0 aromatic heterocycles. The van der Waals surface area contributed by atoms with E-state index in [0.717, 1.165) is 5.56 Å².